The van der Waals surface area contributed by atoms with Crippen LogP contribution in [0, 0.1) is 0 Å². The molecule has 0 radical (unpaired) electrons. The van der Waals surface area contributed by atoms with Crippen LogP contribution in [0.2, 0.25) is 0 Å². The lowest BCUT2D eigenvalue weighted by molar-refractivity contribution is -0.117. The van der Waals surface area contributed by atoms with Crippen LogP contribution in [0.4, 0.5) is 5.69 Å². The molecule has 0 saturated carbocycles. The Morgan fingerprint density at radius 3 is 2.35 bits per heavy atom. The first kappa shape index (κ1) is 14.8. The van der Waals surface area contributed by atoms with Crippen LogP contribution in [-0.4, -0.2) is 5.91 Å². The quantitative estimate of drug-likeness (QED) is 0.905. The molecule has 1 amide bonds. The summed E-state index contributed by atoms with van der Waals surface area (Å²) in [5, 5.41) is 4.77. The van der Waals surface area contributed by atoms with E-state index >= 15 is 0 Å². The van der Waals surface area contributed by atoms with Crippen LogP contribution in [0.15, 0.2) is 41.8 Å². The van der Waals surface area contributed by atoms with Crippen LogP contribution in [-0.2, 0) is 10.2 Å². The van der Waals surface area contributed by atoms with Crippen molar-refractivity contribution in [3.8, 4) is 0 Å². The van der Waals surface area contributed by atoms with E-state index in [0.717, 1.165) is 10.6 Å². The summed E-state index contributed by atoms with van der Waals surface area (Å²) in [6.07, 6.45) is 0. The molecule has 3 N–H and O–H groups in total. The molecule has 0 saturated heterocycles. The van der Waals surface area contributed by atoms with Gasteiger partial charge in [0.1, 0.15) is 6.04 Å². The second kappa shape index (κ2) is 5.77. The molecular weight excluding hydrogens is 268 g/mol. The fourth-order valence-electron chi connectivity index (χ4n) is 1.87. The van der Waals surface area contributed by atoms with Gasteiger partial charge in [-0.3, -0.25) is 4.79 Å². The van der Waals surface area contributed by atoms with Crippen molar-refractivity contribution >= 4 is 22.9 Å². The fourth-order valence-corrected chi connectivity index (χ4v) is 2.60. The van der Waals surface area contributed by atoms with Gasteiger partial charge in [-0.2, -0.15) is 0 Å². The molecule has 1 atom stereocenters. The summed E-state index contributed by atoms with van der Waals surface area (Å²) in [5.74, 6) is -0.184. The summed E-state index contributed by atoms with van der Waals surface area (Å²) >= 11 is 1.49. The topological polar surface area (TPSA) is 55.1 Å². The van der Waals surface area contributed by atoms with E-state index in [9.17, 15) is 4.79 Å². The molecule has 4 heteroatoms. The number of carbonyl (C=O) groups is 1. The molecule has 2 aromatic rings. The van der Waals surface area contributed by atoms with E-state index in [-0.39, 0.29) is 11.3 Å². The van der Waals surface area contributed by atoms with Gasteiger partial charge in [0, 0.05) is 10.6 Å². The van der Waals surface area contributed by atoms with Gasteiger partial charge in [0.2, 0.25) is 5.91 Å². The largest absolute Gasteiger partial charge is 0.324 e. The van der Waals surface area contributed by atoms with E-state index in [1.165, 1.54) is 16.9 Å². The van der Waals surface area contributed by atoms with Crippen molar-refractivity contribution < 1.29 is 4.79 Å². The Hall–Kier alpha value is -1.65. The van der Waals surface area contributed by atoms with E-state index in [1.54, 1.807) is 0 Å². The molecule has 0 bridgehead atoms. The zero-order valence-corrected chi connectivity index (χ0v) is 12.8. The van der Waals surface area contributed by atoms with Gasteiger partial charge >= 0.3 is 0 Å². The standard InChI is InChI=1S/C16H20N2OS/c1-16(2,3)11-6-8-12(9-7-11)18-15(19)14(17)13-5-4-10-20-13/h4-10,14H,17H2,1-3H3,(H,18,19). The Kier molecular flexibility index (Phi) is 4.26. The predicted molar refractivity (Wildman–Crippen MR) is 85.0 cm³/mol. The van der Waals surface area contributed by atoms with Crippen molar-refractivity contribution in [3.05, 3.63) is 52.2 Å². The van der Waals surface area contributed by atoms with Gasteiger partial charge in [0.15, 0.2) is 0 Å². The third-order valence-corrected chi connectivity index (χ3v) is 4.11. The van der Waals surface area contributed by atoms with E-state index in [4.69, 9.17) is 5.73 Å². The van der Waals surface area contributed by atoms with Crippen LogP contribution < -0.4 is 11.1 Å². The second-order valence-corrected chi connectivity index (χ2v) is 6.79. The van der Waals surface area contributed by atoms with Gasteiger partial charge in [-0.15, -0.1) is 11.3 Å². The number of hydrogen-bond acceptors (Lipinski definition) is 3. The molecule has 0 aliphatic carbocycles. The zero-order chi connectivity index (χ0) is 14.8. The number of hydrogen-bond donors (Lipinski definition) is 2. The monoisotopic (exact) mass is 288 g/mol. The van der Waals surface area contributed by atoms with Crippen LogP contribution in [0.25, 0.3) is 0 Å². The van der Waals surface area contributed by atoms with E-state index in [1.807, 2.05) is 41.8 Å². The smallest absolute Gasteiger partial charge is 0.246 e. The van der Waals surface area contributed by atoms with Gasteiger partial charge in [0.25, 0.3) is 0 Å². The summed E-state index contributed by atoms with van der Waals surface area (Å²) in [7, 11) is 0. The van der Waals surface area contributed by atoms with Crippen molar-refractivity contribution in [3.63, 3.8) is 0 Å². The minimum atomic E-state index is -0.614. The summed E-state index contributed by atoms with van der Waals surface area (Å²) in [5.41, 5.74) is 8.04. The predicted octanol–water partition coefficient (Wildman–Crippen LogP) is 3.68. The highest BCUT2D eigenvalue weighted by molar-refractivity contribution is 7.10. The van der Waals surface area contributed by atoms with Crippen LogP contribution in [0.5, 0.6) is 0 Å². The molecule has 1 aromatic carbocycles. The summed E-state index contributed by atoms with van der Waals surface area (Å²) in [4.78, 5) is 12.9. The lowest BCUT2D eigenvalue weighted by atomic mass is 9.87. The molecule has 106 valence electrons. The number of thiophene rings is 1. The Morgan fingerprint density at radius 2 is 1.85 bits per heavy atom. The van der Waals surface area contributed by atoms with Crippen molar-refractivity contribution in [1.29, 1.82) is 0 Å². The lowest BCUT2D eigenvalue weighted by Gasteiger charge is -2.19. The highest BCUT2D eigenvalue weighted by Gasteiger charge is 2.17. The van der Waals surface area contributed by atoms with Crippen LogP contribution in [0.3, 0.4) is 0 Å². The van der Waals surface area contributed by atoms with Crippen molar-refractivity contribution in [1.82, 2.24) is 0 Å². The molecule has 0 spiro atoms. The second-order valence-electron chi connectivity index (χ2n) is 5.81. The highest BCUT2D eigenvalue weighted by Crippen LogP contribution is 2.24. The lowest BCUT2D eigenvalue weighted by Crippen LogP contribution is -2.27. The number of amides is 1. The molecule has 1 heterocycles. The molecule has 3 nitrogen and oxygen atoms in total. The Bertz CT molecular complexity index is 568. The van der Waals surface area contributed by atoms with Gasteiger partial charge < -0.3 is 11.1 Å². The first-order valence-corrected chi connectivity index (χ1v) is 7.46. The summed E-state index contributed by atoms with van der Waals surface area (Å²) in [6.45, 7) is 6.48. The van der Waals surface area contributed by atoms with Crippen LogP contribution in [0.1, 0.15) is 37.3 Å². The average Bonchev–Trinajstić information content (AvgIpc) is 2.91. The number of carbonyl (C=O) groups excluding carboxylic acids is 1. The van der Waals surface area contributed by atoms with E-state index < -0.39 is 6.04 Å². The maximum atomic E-state index is 12.1. The summed E-state index contributed by atoms with van der Waals surface area (Å²) in [6, 6.07) is 11.1. The SMILES string of the molecule is CC(C)(C)c1ccc(NC(=O)C(N)c2cccs2)cc1. The number of rotatable bonds is 3. The van der Waals surface area contributed by atoms with Gasteiger partial charge in [-0.1, -0.05) is 39.0 Å². The Balaban J connectivity index is 2.05. The Morgan fingerprint density at radius 1 is 1.20 bits per heavy atom. The molecule has 2 rings (SSSR count). The van der Waals surface area contributed by atoms with E-state index in [2.05, 4.69) is 26.1 Å². The molecule has 0 aliphatic rings. The minimum absolute atomic E-state index is 0.107. The maximum Gasteiger partial charge on any atom is 0.246 e. The third-order valence-electron chi connectivity index (χ3n) is 3.15. The highest BCUT2D eigenvalue weighted by atomic mass is 32.1. The van der Waals surface area contributed by atoms with Gasteiger partial charge in [-0.25, -0.2) is 0 Å². The van der Waals surface area contributed by atoms with Crippen molar-refractivity contribution in [2.24, 2.45) is 5.73 Å². The van der Waals surface area contributed by atoms with Crippen molar-refractivity contribution in [2.45, 2.75) is 32.2 Å². The minimum Gasteiger partial charge on any atom is -0.324 e. The Labute approximate surface area is 123 Å². The summed E-state index contributed by atoms with van der Waals surface area (Å²) < 4.78 is 0. The fraction of sp³-hybridized carbons (Fsp3) is 0.312. The number of anilines is 1. The number of benzene rings is 1. The van der Waals surface area contributed by atoms with Crippen LogP contribution >= 0.6 is 11.3 Å². The van der Waals surface area contributed by atoms with E-state index in [0.29, 0.717) is 0 Å². The zero-order valence-electron chi connectivity index (χ0n) is 12.0. The molecular formula is C16H20N2OS. The number of nitrogens with one attached hydrogen (secondary N) is 1. The van der Waals surface area contributed by atoms with Gasteiger partial charge in [-0.05, 0) is 34.6 Å². The number of nitrogens with two attached hydrogens (primary N) is 1. The molecule has 0 fully saturated rings. The molecule has 1 aromatic heterocycles. The van der Waals surface area contributed by atoms with Gasteiger partial charge in [0.05, 0.1) is 0 Å². The average molecular weight is 288 g/mol. The molecule has 20 heavy (non-hydrogen) atoms. The van der Waals surface area contributed by atoms with Crippen molar-refractivity contribution in [2.75, 3.05) is 5.32 Å². The maximum absolute atomic E-state index is 12.1. The normalized spacial score (nSPS) is 13.0. The third kappa shape index (κ3) is 3.46. The molecule has 1 unspecified atom stereocenters. The first-order valence-electron chi connectivity index (χ1n) is 6.58. The molecule has 0 aliphatic heterocycles. The first-order chi connectivity index (χ1) is 9.38.